The predicted octanol–water partition coefficient (Wildman–Crippen LogP) is 7.74. The minimum Gasteiger partial charge on any atom is -0.258 e. The summed E-state index contributed by atoms with van der Waals surface area (Å²) in [5, 5.41) is 0. The highest BCUT2D eigenvalue weighted by atomic mass is 14.8. The number of rotatable bonds is 4. The zero-order valence-corrected chi connectivity index (χ0v) is 21.3. The summed E-state index contributed by atoms with van der Waals surface area (Å²) >= 11 is 0. The van der Waals surface area contributed by atoms with E-state index < -0.39 is 0 Å². The summed E-state index contributed by atoms with van der Waals surface area (Å²) < 4.78 is 0. The molecule has 0 amide bonds. The van der Waals surface area contributed by atoms with Gasteiger partial charge in [0.05, 0.1) is 17.1 Å². The van der Waals surface area contributed by atoms with Crippen LogP contribution in [0.1, 0.15) is 65.5 Å². The Balaban J connectivity index is 0.00000133. The van der Waals surface area contributed by atoms with Crippen molar-refractivity contribution in [1.29, 1.82) is 0 Å². The van der Waals surface area contributed by atoms with Crippen LogP contribution in [0.25, 0.3) is 22.4 Å². The maximum absolute atomic E-state index is 4.86. The van der Waals surface area contributed by atoms with Gasteiger partial charge in [0, 0.05) is 23.7 Å². The van der Waals surface area contributed by atoms with Crippen molar-refractivity contribution in [3.05, 3.63) is 100 Å². The summed E-state index contributed by atoms with van der Waals surface area (Å²) in [4.78, 5) is 13.9. The Morgan fingerprint density at radius 3 is 2.26 bits per heavy atom. The van der Waals surface area contributed by atoms with Gasteiger partial charge in [0.25, 0.3) is 0 Å². The highest BCUT2D eigenvalue weighted by Crippen LogP contribution is 2.42. The van der Waals surface area contributed by atoms with Crippen molar-refractivity contribution in [3.63, 3.8) is 0 Å². The molecule has 174 valence electrons. The van der Waals surface area contributed by atoms with Crippen molar-refractivity contribution in [2.75, 3.05) is 0 Å². The van der Waals surface area contributed by atoms with Gasteiger partial charge in [0.1, 0.15) is 0 Å². The van der Waals surface area contributed by atoms with E-state index in [0.717, 1.165) is 35.6 Å². The summed E-state index contributed by atoms with van der Waals surface area (Å²) in [5.74, 6) is 0.506. The fourth-order valence-corrected chi connectivity index (χ4v) is 4.97. The molecule has 2 heterocycles. The Morgan fingerprint density at radius 1 is 0.794 bits per heavy atom. The van der Waals surface area contributed by atoms with Crippen molar-refractivity contribution in [2.24, 2.45) is 0 Å². The fourth-order valence-electron chi connectivity index (χ4n) is 4.97. The average Bonchev–Trinajstić information content (AvgIpc) is 3.27. The second kappa shape index (κ2) is 10.3. The van der Waals surface area contributed by atoms with Crippen LogP contribution in [0.2, 0.25) is 0 Å². The van der Waals surface area contributed by atoms with Crippen LogP contribution in [-0.4, -0.2) is 15.0 Å². The first-order valence-electron chi connectivity index (χ1n) is 12.4. The highest BCUT2D eigenvalue weighted by molar-refractivity contribution is 5.79. The number of pyridine rings is 1. The third kappa shape index (κ3) is 4.65. The minimum atomic E-state index is 0.506. The molecule has 1 atom stereocenters. The lowest BCUT2D eigenvalue weighted by molar-refractivity contribution is 0.660. The SMILES string of the molecule is CC.Cc1cnc(CC2CCc3c(-c4cccc(-c5ccc(C)c(C)n5)c4C)cccc32)cn1. The van der Waals surface area contributed by atoms with Crippen LogP contribution in [-0.2, 0) is 12.8 Å². The van der Waals surface area contributed by atoms with Crippen molar-refractivity contribution in [3.8, 4) is 22.4 Å². The number of fused-ring (bicyclic) bond motifs is 1. The molecule has 2 aromatic heterocycles. The van der Waals surface area contributed by atoms with Gasteiger partial charge in [0.2, 0.25) is 0 Å². The van der Waals surface area contributed by atoms with Crippen molar-refractivity contribution < 1.29 is 0 Å². The first-order valence-corrected chi connectivity index (χ1v) is 12.4. The maximum atomic E-state index is 4.86. The molecule has 0 spiro atoms. The number of aromatic nitrogens is 3. The van der Waals surface area contributed by atoms with Crippen LogP contribution >= 0.6 is 0 Å². The minimum absolute atomic E-state index is 0.506. The predicted molar refractivity (Wildman–Crippen MR) is 142 cm³/mol. The molecule has 1 aliphatic rings. The van der Waals surface area contributed by atoms with E-state index in [1.54, 1.807) is 0 Å². The van der Waals surface area contributed by atoms with Crippen LogP contribution < -0.4 is 0 Å². The smallest absolute Gasteiger partial charge is 0.0708 e. The van der Waals surface area contributed by atoms with E-state index in [4.69, 9.17) is 4.98 Å². The second-order valence-corrected chi connectivity index (χ2v) is 9.04. The number of benzene rings is 2. The fraction of sp³-hybridized carbons (Fsp3) is 0.323. The van der Waals surface area contributed by atoms with Gasteiger partial charge in [-0.3, -0.25) is 15.0 Å². The molecule has 4 aromatic rings. The highest BCUT2D eigenvalue weighted by Gasteiger charge is 2.26. The summed E-state index contributed by atoms with van der Waals surface area (Å²) in [6.07, 6.45) is 7.04. The molecule has 3 heteroatoms. The zero-order chi connectivity index (χ0) is 24.2. The van der Waals surface area contributed by atoms with Crippen molar-refractivity contribution >= 4 is 0 Å². The summed E-state index contributed by atoms with van der Waals surface area (Å²) in [7, 11) is 0. The monoisotopic (exact) mass is 449 g/mol. The quantitative estimate of drug-likeness (QED) is 0.320. The molecule has 1 unspecified atom stereocenters. The average molecular weight is 450 g/mol. The van der Waals surface area contributed by atoms with E-state index in [1.807, 2.05) is 33.2 Å². The third-order valence-corrected chi connectivity index (χ3v) is 6.93. The van der Waals surface area contributed by atoms with Crippen LogP contribution in [0.5, 0.6) is 0 Å². The van der Waals surface area contributed by atoms with Gasteiger partial charge in [-0.25, -0.2) is 0 Å². The lowest BCUT2D eigenvalue weighted by atomic mass is 9.89. The first-order chi connectivity index (χ1) is 16.5. The van der Waals surface area contributed by atoms with E-state index in [0.29, 0.717) is 5.92 Å². The molecular formula is C31H35N3. The summed E-state index contributed by atoms with van der Waals surface area (Å²) in [6.45, 7) is 12.4. The first kappa shape index (κ1) is 23.8. The Bertz CT molecular complexity index is 1290. The van der Waals surface area contributed by atoms with Gasteiger partial charge in [-0.2, -0.15) is 0 Å². The Kier molecular flexibility index (Phi) is 7.21. The molecule has 3 nitrogen and oxygen atoms in total. The number of nitrogens with zero attached hydrogens (tertiary/aromatic N) is 3. The Labute approximate surface area is 204 Å². The maximum Gasteiger partial charge on any atom is 0.0708 e. The summed E-state index contributed by atoms with van der Waals surface area (Å²) in [5.41, 5.74) is 13.6. The molecule has 0 bridgehead atoms. The number of hydrogen-bond acceptors (Lipinski definition) is 3. The van der Waals surface area contributed by atoms with E-state index in [9.17, 15) is 0 Å². The largest absolute Gasteiger partial charge is 0.258 e. The van der Waals surface area contributed by atoms with Crippen LogP contribution in [0.3, 0.4) is 0 Å². The molecule has 0 aliphatic heterocycles. The van der Waals surface area contributed by atoms with Gasteiger partial charge < -0.3 is 0 Å². The van der Waals surface area contributed by atoms with Crippen molar-refractivity contribution in [1.82, 2.24) is 15.0 Å². The lowest BCUT2D eigenvalue weighted by Crippen LogP contribution is -2.02. The lowest BCUT2D eigenvalue weighted by Gasteiger charge is -2.16. The Morgan fingerprint density at radius 2 is 1.53 bits per heavy atom. The number of hydrogen-bond donors (Lipinski definition) is 0. The van der Waals surface area contributed by atoms with Gasteiger partial charge in [-0.05, 0) is 92.3 Å². The summed E-state index contributed by atoms with van der Waals surface area (Å²) in [6, 6.07) is 17.7. The van der Waals surface area contributed by atoms with E-state index in [-0.39, 0.29) is 0 Å². The normalized spacial score (nSPS) is 14.4. The molecular weight excluding hydrogens is 414 g/mol. The molecule has 2 aromatic carbocycles. The van der Waals surface area contributed by atoms with Crippen LogP contribution in [0.15, 0.2) is 60.9 Å². The van der Waals surface area contributed by atoms with E-state index >= 15 is 0 Å². The van der Waals surface area contributed by atoms with Gasteiger partial charge in [-0.1, -0.05) is 56.3 Å². The van der Waals surface area contributed by atoms with Gasteiger partial charge in [0.15, 0.2) is 0 Å². The molecule has 0 radical (unpaired) electrons. The van der Waals surface area contributed by atoms with Gasteiger partial charge >= 0.3 is 0 Å². The third-order valence-electron chi connectivity index (χ3n) is 6.93. The van der Waals surface area contributed by atoms with Crippen molar-refractivity contribution in [2.45, 2.75) is 66.7 Å². The molecule has 0 saturated carbocycles. The standard InChI is InChI=1S/C29H29N3.C2H6/c1-18-11-14-29(32-21(18)4)25-8-5-7-24(20(25)3)27-10-6-9-26-22(12-13-28(26)27)15-23-17-30-19(2)16-31-23;1-2/h5-11,14,16-17,22H,12-13,15H2,1-4H3;1-2H3. The van der Waals surface area contributed by atoms with Crippen LogP contribution in [0, 0.1) is 27.7 Å². The van der Waals surface area contributed by atoms with Gasteiger partial charge in [-0.15, -0.1) is 0 Å². The molecule has 0 N–H and O–H groups in total. The van der Waals surface area contributed by atoms with E-state index in [1.165, 1.54) is 45.4 Å². The van der Waals surface area contributed by atoms with E-state index in [2.05, 4.69) is 79.3 Å². The zero-order valence-electron chi connectivity index (χ0n) is 21.3. The topological polar surface area (TPSA) is 38.7 Å². The second-order valence-electron chi connectivity index (χ2n) is 9.04. The molecule has 5 rings (SSSR count). The van der Waals surface area contributed by atoms with Crippen LogP contribution in [0.4, 0.5) is 0 Å². The molecule has 0 fully saturated rings. The number of aryl methyl sites for hydroxylation is 3. The molecule has 34 heavy (non-hydrogen) atoms. The Hall–Kier alpha value is -3.33. The molecule has 1 aliphatic carbocycles. The molecule has 0 saturated heterocycles.